The molecule has 0 unspecified atom stereocenters. The third-order valence-corrected chi connectivity index (χ3v) is 6.76. The van der Waals surface area contributed by atoms with Gasteiger partial charge in [0.15, 0.2) is 5.96 Å². The Balaban J connectivity index is 1.33. The molecule has 4 rings (SSSR count). The normalized spacial score (nSPS) is 18.5. The molecule has 2 aliphatic rings. The highest BCUT2D eigenvalue weighted by Crippen LogP contribution is 2.20. The number of rotatable bonds is 5. The quantitative estimate of drug-likeness (QED) is 0.545. The van der Waals surface area contributed by atoms with Crippen molar-refractivity contribution in [2.45, 2.75) is 19.9 Å². The molecule has 2 aliphatic heterocycles. The van der Waals surface area contributed by atoms with Crippen molar-refractivity contribution in [3.8, 4) is 0 Å². The van der Waals surface area contributed by atoms with Crippen molar-refractivity contribution < 1.29 is 0 Å². The van der Waals surface area contributed by atoms with Crippen LogP contribution >= 0.6 is 11.5 Å². The Bertz CT molecular complexity index is 867. The SMILES string of the molecule is CCc1nsc(N2CCN(C(=NC)NCc3cccnc3N3CCN(C)CC3)CC2)n1. The summed E-state index contributed by atoms with van der Waals surface area (Å²) in [7, 11) is 4.04. The van der Waals surface area contributed by atoms with Crippen molar-refractivity contribution >= 4 is 28.4 Å². The molecule has 2 fully saturated rings. The van der Waals surface area contributed by atoms with Crippen LogP contribution in [-0.2, 0) is 13.0 Å². The molecule has 0 spiro atoms. The topological polar surface area (TPSA) is 76.0 Å². The van der Waals surface area contributed by atoms with Crippen LogP contribution in [0.1, 0.15) is 18.3 Å². The van der Waals surface area contributed by atoms with Crippen molar-refractivity contribution in [2.24, 2.45) is 4.99 Å². The fourth-order valence-electron chi connectivity index (χ4n) is 4.00. The standard InChI is InChI=1S/C21H33N9S/c1-4-18-25-21(31-26-18)30-14-12-29(13-15-30)20(22-2)24-16-17-6-5-7-23-19(17)28-10-8-27(3)9-11-28/h5-7H,4,8-16H2,1-3H3,(H,22,24). The molecule has 1 N–H and O–H groups in total. The van der Waals surface area contributed by atoms with Crippen molar-refractivity contribution in [2.75, 3.05) is 76.3 Å². The number of guanidine groups is 1. The van der Waals surface area contributed by atoms with Crippen molar-refractivity contribution in [1.29, 1.82) is 0 Å². The molecular weight excluding hydrogens is 410 g/mol. The van der Waals surface area contributed by atoms with Gasteiger partial charge in [-0.3, -0.25) is 4.99 Å². The molecule has 0 radical (unpaired) electrons. The van der Waals surface area contributed by atoms with Gasteiger partial charge in [-0.2, -0.15) is 4.37 Å². The van der Waals surface area contributed by atoms with E-state index in [-0.39, 0.29) is 0 Å². The van der Waals surface area contributed by atoms with E-state index in [4.69, 9.17) is 4.98 Å². The zero-order valence-electron chi connectivity index (χ0n) is 18.8. The highest BCUT2D eigenvalue weighted by molar-refractivity contribution is 7.09. The summed E-state index contributed by atoms with van der Waals surface area (Å²) in [6.45, 7) is 10.7. The van der Waals surface area contributed by atoms with Crippen LogP contribution in [0.5, 0.6) is 0 Å². The van der Waals surface area contributed by atoms with Crippen LogP contribution in [0.15, 0.2) is 23.3 Å². The monoisotopic (exact) mass is 443 g/mol. The summed E-state index contributed by atoms with van der Waals surface area (Å²) in [6, 6.07) is 4.18. The van der Waals surface area contributed by atoms with Crippen LogP contribution in [0.3, 0.4) is 0 Å². The number of aromatic nitrogens is 3. The smallest absolute Gasteiger partial charge is 0.205 e. The minimum atomic E-state index is 0.721. The van der Waals surface area contributed by atoms with Gasteiger partial charge in [-0.05, 0) is 13.1 Å². The van der Waals surface area contributed by atoms with E-state index in [0.717, 1.165) is 88.1 Å². The zero-order valence-corrected chi connectivity index (χ0v) is 19.6. The van der Waals surface area contributed by atoms with Crippen molar-refractivity contribution in [1.82, 2.24) is 29.5 Å². The number of pyridine rings is 1. The Morgan fingerprint density at radius 1 is 1.10 bits per heavy atom. The number of nitrogens with zero attached hydrogens (tertiary/aromatic N) is 8. The molecule has 31 heavy (non-hydrogen) atoms. The van der Waals surface area contributed by atoms with Gasteiger partial charge < -0.3 is 24.9 Å². The first kappa shape index (κ1) is 21.8. The molecule has 2 aromatic heterocycles. The zero-order chi connectivity index (χ0) is 21.6. The van der Waals surface area contributed by atoms with Gasteiger partial charge in [0, 0.05) is 95.7 Å². The van der Waals surface area contributed by atoms with Crippen LogP contribution in [0.4, 0.5) is 10.9 Å². The van der Waals surface area contributed by atoms with Gasteiger partial charge in [-0.15, -0.1) is 0 Å². The maximum atomic E-state index is 4.69. The molecule has 2 aromatic rings. The molecule has 0 amide bonds. The fourth-order valence-corrected chi connectivity index (χ4v) is 4.81. The molecule has 2 saturated heterocycles. The Morgan fingerprint density at radius 2 is 1.84 bits per heavy atom. The fraction of sp³-hybridized carbons (Fsp3) is 0.619. The summed E-state index contributed by atoms with van der Waals surface area (Å²) in [5.41, 5.74) is 1.22. The van der Waals surface area contributed by atoms with Crippen molar-refractivity contribution in [3.05, 3.63) is 29.7 Å². The minimum absolute atomic E-state index is 0.721. The largest absolute Gasteiger partial charge is 0.354 e. The lowest BCUT2D eigenvalue weighted by atomic mass is 10.2. The molecule has 4 heterocycles. The number of aliphatic imine (C=N–C) groups is 1. The van der Waals surface area contributed by atoms with E-state index in [1.54, 1.807) is 0 Å². The number of anilines is 2. The molecule has 9 nitrogen and oxygen atoms in total. The molecular formula is C21H33N9S. The maximum absolute atomic E-state index is 4.69. The van der Waals surface area contributed by atoms with Crippen LogP contribution in [0.25, 0.3) is 0 Å². The van der Waals surface area contributed by atoms with Gasteiger partial charge >= 0.3 is 0 Å². The predicted molar refractivity (Wildman–Crippen MR) is 127 cm³/mol. The van der Waals surface area contributed by atoms with E-state index >= 15 is 0 Å². The number of piperazine rings is 2. The summed E-state index contributed by atoms with van der Waals surface area (Å²) in [5, 5.41) is 4.60. The molecule has 10 heteroatoms. The van der Waals surface area contributed by atoms with Gasteiger partial charge in [0.05, 0.1) is 0 Å². The number of hydrogen-bond acceptors (Lipinski definition) is 8. The highest BCUT2D eigenvalue weighted by atomic mass is 32.1. The van der Waals surface area contributed by atoms with E-state index < -0.39 is 0 Å². The molecule has 0 saturated carbocycles. The lowest BCUT2D eigenvalue weighted by molar-refractivity contribution is 0.311. The average molecular weight is 444 g/mol. The van der Waals surface area contributed by atoms with Gasteiger partial charge in [0.25, 0.3) is 0 Å². The molecule has 0 aromatic carbocycles. The van der Waals surface area contributed by atoms with Crippen molar-refractivity contribution in [3.63, 3.8) is 0 Å². The summed E-state index contributed by atoms with van der Waals surface area (Å²) >= 11 is 1.50. The van der Waals surface area contributed by atoms with E-state index in [0.29, 0.717) is 0 Å². The Kier molecular flexibility index (Phi) is 7.18. The van der Waals surface area contributed by atoms with Crippen LogP contribution in [0, 0.1) is 0 Å². The first-order chi connectivity index (χ1) is 15.2. The highest BCUT2D eigenvalue weighted by Gasteiger charge is 2.23. The summed E-state index contributed by atoms with van der Waals surface area (Å²) in [6.07, 6.45) is 2.78. The van der Waals surface area contributed by atoms with E-state index in [1.807, 2.05) is 19.3 Å². The second-order valence-corrected chi connectivity index (χ2v) is 8.73. The Morgan fingerprint density at radius 3 is 2.52 bits per heavy atom. The van der Waals surface area contributed by atoms with Gasteiger partial charge in [0.1, 0.15) is 11.6 Å². The minimum Gasteiger partial charge on any atom is -0.354 e. The lowest BCUT2D eigenvalue weighted by Gasteiger charge is -2.36. The second-order valence-electron chi connectivity index (χ2n) is 8.00. The summed E-state index contributed by atoms with van der Waals surface area (Å²) in [4.78, 5) is 23.3. The average Bonchev–Trinajstić information content (AvgIpc) is 3.30. The van der Waals surface area contributed by atoms with E-state index in [1.165, 1.54) is 17.1 Å². The molecule has 0 aliphatic carbocycles. The number of likely N-dealkylation sites (N-methyl/N-ethyl adjacent to an activating group) is 1. The van der Waals surface area contributed by atoms with Gasteiger partial charge in [0.2, 0.25) is 5.13 Å². The van der Waals surface area contributed by atoms with Crippen LogP contribution in [0.2, 0.25) is 0 Å². The molecule has 0 bridgehead atoms. The summed E-state index contributed by atoms with van der Waals surface area (Å²) in [5.74, 6) is 2.97. The van der Waals surface area contributed by atoms with E-state index in [2.05, 4.69) is 59.3 Å². The Hall–Kier alpha value is -2.46. The number of nitrogens with one attached hydrogen (secondary N) is 1. The van der Waals surface area contributed by atoms with Gasteiger partial charge in [-0.25, -0.2) is 9.97 Å². The van der Waals surface area contributed by atoms with Crippen LogP contribution < -0.4 is 15.1 Å². The second kappa shape index (κ2) is 10.2. The lowest BCUT2D eigenvalue weighted by Crippen LogP contribution is -2.52. The number of aryl methyl sites for hydroxylation is 1. The first-order valence-electron chi connectivity index (χ1n) is 11.1. The number of hydrogen-bond donors (Lipinski definition) is 1. The summed E-state index contributed by atoms with van der Waals surface area (Å²) < 4.78 is 4.42. The maximum Gasteiger partial charge on any atom is 0.205 e. The van der Waals surface area contributed by atoms with E-state index in [9.17, 15) is 0 Å². The third kappa shape index (κ3) is 5.24. The molecule has 168 valence electrons. The predicted octanol–water partition coefficient (Wildman–Crippen LogP) is 1.14. The van der Waals surface area contributed by atoms with Crippen LogP contribution in [-0.4, -0.2) is 96.6 Å². The van der Waals surface area contributed by atoms with Gasteiger partial charge in [-0.1, -0.05) is 13.0 Å². The Labute approximate surface area is 189 Å². The third-order valence-electron chi connectivity index (χ3n) is 5.94. The first-order valence-corrected chi connectivity index (χ1v) is 11.9. The molecule has 0 atom stereocenters.